The smallest absolute Gasteiger partial charge is 0.243 e. The molecule has 1 saturated heterocycles. The van der Waals surface area contributed by atoms with Gasteiger partial charge in [-0.1, -0.05) is 12.5 Å². The number of nitrogens with zero attached hydrogens (tertiary/aromatic N) is 1. The highest BCUT2D eigenvalue weighted by Crippen LogP contribution is 2.37. The van der Waals surface area contributed by atoms with E-state index in [1.54, 1.807) is 25.5 Å². The van der Waals surface area contributed by atoms with Crippen molar-refractivity contribution < 1.29 is 9.00 Å². The normalized spacial score (nSPS) is 28.6. The minimum Gasteiger partial charge on any atom is -0.358 e. The number of carbonyl (C=O) groups is 1. The molecule has 0 radical (unpaired) electrons. The Morgan fingerprint density at radius 1 is 1.53 bits per heavy atom. The SMILES string of the molecule is CNC(=O)[C@]1(c2cccnc2)CCCCS1=O. The molecule has 2 rings (SSSR count). The first-order chi connectivity index (χ1) is 8.21. The second-order valence-corrected chi connectivity index (χ2v) is 5.95. The zero-order valence-corrected chi connectivity index (χ0v) is 10.6. The number of likely N-dealkylation sites (N-methyl/N-ethyl adjacent to an activating group) is 1. The number of carbonyl (C=O) groups excluding carboxylic acids is 1. The lowest BCUT2D eigenvalue weighted by Gasteiger charge is -2.34. The van der Waals surface area contributed by atoms with Crippen LogP contribution in [-0.4, -0.2) is 27.9 Å². The van der Waals surface area contributed by atoms with Crippen molar-refractivity contribution >= 4 is 16.7 Å². The summed E-state index contributed by atoms with van der Waals surface area (Å²) in [6, 6.07) is 3.62. The van der Waals surface area contributed by atoms with Gasteiger partial charge in [0.25, 0.3) is 0 Å². The summed E-state index contributed by atoms with van der Waals surface area (Å²) >= 11 is 0. The minimum atomic E-state index is -1.17. The molecule has 17 heavy (non-hydrogen) atoms. The fourth-order valence-electron chi connectivity index (χ4n) is 2.32. The van der Waals surface area contributed by atoms with Gasteiger partial charge in [-0.25, -0.2) is 0 Å². The number of hydrogen-bond donors (Lipinski definition) is 1. The van der Waals surface area contributed by atoms with Crippen LogP contribution in [0.2, 0.25) is 0 Å². The van der Waals surface area contributed by atoms with E-state index in [1.165, 1.54) is 0 Å². The summed E-state index contributed by atoms with van der Waals surface area (Å²) in [5, 5.41) is 2.64. The molecule has 0 saturated carbocycles. The van der Waals surface area contributed by atoms with Gasteiger partial charge in [-0.15, -0.1) is 0 Å². The third kappa shape index (κ3) is 1.99. The molecule has 2 heterocycles. The Kier molecular flexibility index (Phi) is 3.57. The Bertz CT molecular complexity index is 425. The van der Waals surface area contributed by atoms with Crippen LogP contribution in [0.4, 0.5) is 0 Å². The lowest BCUT2D eigenvalue weighted by atomic mass is 9.92. The zero-order valence-electron chi connectivity index (χ0n) is 9.81. The fourth-order valence-corrected chi connectivity index (χ4v) is 4.20. The van der Waals surface area contributed by atoms with E-state index in [-0.39, 0.29) is 5.91 Å². The average Bonchev–Trinajstić information content (AvgIpc) is 2.39. The predicted molar refractivity (Wildman–Crippen MR) is 66.8 cm³/mol. The molecular weight excluding hydrogens is 236 g/mol. The summed E-state index contributed by atoms with van der Waals surface area (Å²) in [7, 11) is 0.420. The van der Waals surface area contributed by atoms with Crippen LogP contribution < -0.4 is 5.32 Å². The highest BCUT2D eigenvalue weighted by Gasteiger charge is 2.46. The van der Waals surface area contributed by atoms with Gasteiger partial charge in [-0.3, -0.25) is 14.0 Å². The number of hydrogen-bond acceptors (Lipinski definition) is 3. The molecule has 0 bridgehead atoms. The number of nitrogens with one attached hydrogen (secondary N) is 1. The van der Waals surface area contributed by atoms with E-state index in [2.05, 4.69) is 10.3 Å². The third-order valence-corrected chi connectivity index (χ3v) is 5.28. The monoisotopic (exact) mass is 252 g/mol. The Morgan fingerprint density at radius 2 is 2.35 bits per heavy atom. The molecule has 0 aromatic carbocycles. The van der Waals surface area contributed by atoms with Crippen molar-refractivity contribution in [2.45, 2.75) is 24.0 Å². The van der Waals surface area contributed by atoms with Gasteiger partial charge in [0, 0.05) is 36.0 Å². The predicted octanol–water partition coefficient (Wildman–Crippen LogP) is 0.956. The summed E-state index contributed by atoms with van der Waals surface area (Å²) in [5.74, 6) is 0.422. The van der Waals surface area contributed by atoms with Crippen molar-refractivity contribution in [3.8, 4) is 0 Å². The van der Waals surface area contributed by atoms with Crippen molar-refractivity contribution in [2.24, 2.45) is 0 Å². The van der Waals surface area contributed by atoms with Crippen molar-refractivity contribution in [1.82, 2.24) is 10.3 Å². The summed E-state index contributed by atoms with van der Waals surface area (Å²) < 4.78 is 11.4. The molecule has 0 aliphatic carbocycles. The van der Waals surface area contributed by atoms with E-state index in [4.69, 9.17) is 0 Å². The molecule has 4 nitrogen and oxygen atoms in total. The molecule has 1 N–H and O–H groups in total. The van der Waals surface area contributed by atoms with Gasteiger partial charge in [0.2, 0.25) is 5.91 Å². The van der Waals surface area contributed by atoms with Gasteiger partial charge in [-0.05, 0) is 24.5 Å². The van der Waals surface area contributed by atoms with Gasteiger partial charge >= 0.3 is 0 Å². The van der Waals surface area contributed by atoms with E-state index in [0.29, 0.717) is 12.2 Å². The molecule has 92 valence electrons. The topological polar surface area (TPSA) is 59.1 Å². The molecule has 1 aromatic heterocycles. The van der Waals surface area contributed by atoms with Crippen LogP contribution >= 0.6 is 0 Å². The van der Waals surface area contributed by atoms with E-state index in [9.17, 15) is 9.00 Å². The summed E-state index contributed by atoms with van der Waals surface area (Å²) in [4.78, 5) is 16.2. The van der Waals surface area contributed by atoms with Crippen LogP contribution in [0.1, 0.15) is 24.8 Å². The first-order valence-corrected chi connectivity index (χ1v) is 7.05. The molecule has 1 aliphatic rings. The molecule has 1 aliphatic heterocycles. The van der Waals surface area contributed by atoms with Crippen LogP contribution in [0.15, 0.2) is 24.5 Å². The largest absolute Gasteiger partial charge is 0.358 e. The second-order valence-electron chi connectivity index (χ2n) is 4.15. The van der Waals surface area contributed by atoms with Gasteiger partial charge < -0.3 is 5.32 Å². The fraction of sp³-hybridized carbons (Fsp3) is 0.500. The second kappa shape index (κ2) is 4.96. The lowest BCUT2D eigenvalue weighted by Crippen LogP contribution is -2.49. The molecule has 0 spiro atoms. The van der Waals surface area contributed by atoms with E-state index in [1.807, 2.05) is 6.07 Å². The van der Waals surface area contributed by atoms with E-state index < -0.39 is 15.5 Å². The molecule has 1 fully saturated rings. The van der Waals surface area contributed by atoms with Crippen molar-refractivity contribution in [2.75, 3.05) is 12.8 Å². The van der Waals surface area contributed by atoms with Crippen molar-refractivity contribution in [1.29, 1.82) is 0 Å². The molecular formula is C12H16N2O2S. The van der Waals surface area contributed by atoms with Gasteiger partial charge in [0.1, 0.15) is 0 Å². The Morgan fingerprint density at radius 3 is 2.94 bits per heavy atom. The maximum absolute atomic E-state index is 12.3. The molecule has 1 unspecified atom stereocenters. The van der Waals surface area contributed by atoms with Gasteiger partial charge in [-0.2, -0.15) is 0 Å². The highest BCUT2D eigenvalue weighted by molar-refractivity contribution is 7.86. The van der Waals surface area contributed by atoms with Crippen LogP contribution in [0.25, 0.3) is 0 Å². The van der Waals surface area contributed by atoms with Gasteiger partial charge in [0.15, 0.2) is 4.75 Å². The van der Waals surface area contributed by atoms with E-state index >= 15 is 0 Å². The maximum atomic E-state index is 12.3. The summed E-state index contributed by atoms with van der Waals surface area (Å²) in [6.45, 7) is 0. The number of amides is 1. The first kappa shape index (κ1) is 12.2. The highest BCUT2D eigenvalue weighted by atomic mass is 32.2. The zero-order chi connectivity index (χ0) is 12.3. The van der Waals surface area contributed by atoms with Crippen LogP contribution in [0.5, 0.6) is 0 Å². The molecule has 2 atom stereocenters. The maximum Gasteiger partial charge on any atom is 0.243 e. The van der Waals surface area contributed by atoms with E-state index in [0.717, 1.165) is 18.4 Å². The van der Waals surface area contributed by atoms with Crippen LogP contribution in [0.3, 0.4) is 0 Å². The Hall–Kier alpha value is -1.23. The third-order valence-electron chi connectivity index (χ3n) is 3.22. The number of rotatable bonds is 2. The Labute approximate surface area is 103 Å². The van der Waals surface area contributed by atoms with Crippen LogP contribution in [0, 0.1) is 0 Å². The number of pyridine rings is 1. The quantitative estimate of drug-likeness (QED) is 0.852. The van der Waals surface area contributed by atoms with Crippen LogP contribution in [-0.2, 0) is 20.3 Å². The summed E-state index contributed by atoms with van der Waals surface area (Å²) in [6.07, 6.45) is 5.79. The number of aromatic nitrogens is 1. The van der Waals surface area contributed by atoms with Crippen molar-refractivity contribution in [3.63, 3.8) is 0 Å². The lowest BCUT2D eigenvalue weighted by molar-refractivity contribution is -0.123. The first-order valence-electron chi connectivity index (χ1n) is 5.73. The Balaban J connectivity index is 2.50. The van der Waals surface area contributed by atoms with Gasteiger partial charge in [0.05, 0.1) is 0 Å². The average molecular weight is 252 g/mol. The molecule has 5 heteroatoms. The molecule has 1 aromatic rings. The summed E-state index contributed by atoms with van der Waals surface area (Å²) in [5.41, 5.74) is 0.761. The molecule has 1 amide bonds. The standard InChI is InChI=1S/C12H16N2O2S/c1-13-11(15)12(6-2-3-8-17(12)16)10-5-4-7-14-9-10/h4-5,7,9H,2-3,6,8H2,1H3,(H,13,15)/t12-,17?/m1/s1. The van der Waals surface area contributed by atoms with Crippen molar-refractivity contribution in [3.05, 3.63) is 30.1 Å². The minimum absolute atomic E-state index is 0.163.